The highest BCUT2D eigenvalue weighted by atomic mass is 19.1. The van der Waals surface area contributed by atoms with E-state index in [1.54, 1.807) is 36.4 Å². The number of hydrogen-bond donors (Lipinski definition) is 1. The first-order chi connectivity index (χ1) is 15.0. The summed E-state index contributed by atoms with van der Waals surface area (Å²) in [6.45, 7) is -0.324. The highest BCUT2D eigenvalue weighted by Gasteiger charge is 2.09. The first kappa shape index (κ1) is 21.2. The topological polar surface area (TPSA) is 105 Å². The lowest BCUT2D eigenvalue weighted by molar-refractivity contribution is -0.384. The van der Waals surface area contributed by atoms with Gasteiger partial charge in [0.25, 0.3) is 11.6 Å². The smallest absolute Gasteiger partial charge is 0.269 e. The highest BCUT2D eigenvalue weighted by Crippen LogP contribution is 2.23. The van der Waals surface area contributed by atoms with Crippen molar-refractivity contribution in [2.24, 2.45) is 0 Å². The lowest BCUT2D eigenvalue weighted by Gasteiger charge is -2.09. The van der Waals surface area contributed by atoms with E-state index in [-0.39, 0.29) is 18.0 Å². The third kappa shape index (κ3) is 5.74. The Labute approximate surface area is 177 Å². The predicted molar refractivity (Wildman–Crippen MR) is 114 cm³/mol. The maximum atomic E-state index is 13.6. The summed E-state index contributed by atoms with van der Waals surface area (Å²) in [5, 5.41) is 22.7. The number of halogens is 1. The average molecular weight is 417 g/mol. The molecule has 0 unspecified atom stereocenters. The average Bonchev–Trinajstić information content (AvgIpc) is 2.78. The van der Waals surface area contributed by atoms with Crippen LogP contribution < -0.4 is 10.1 Å². The third-order valence-corrected chi connectivity index (χ3v) is 4.20. The van der Waals surface area contributed by atoms with Gasteiger partial charge in [-0.2, -0.15) is 5.26 Å². The minimum atomic E-state index is -0.543. The van der Waals surface area contributed by atoms with Gasteiger partial charge in [-0.05, 0) is 53.6 Å². The Kier molecular flexibility index (Phi) is 6.71. The number of amides is 1. The van der Waals surface area contributed by atoms with E-state index < -0.39 is 16.6 Å². The van der Waals surface area contributed by atoms with Crippen LogP contribution in [0.15, 0.2) is 72.8 Å². The number of carbonyl (C=O) groups excluding carboxylic acids is 1. The monoisotopic (exact) mass is 417 g/mol. The van der Waals surface area contributed by atoms with Gasteiger partial charge in [-0.1, -0.05) is 24.3 Å². The van der Waals surface area contributed by atoms with E-state index in [1.165, 1.54) is 42.5 Å². The third-order valence-electron chi connectivity index (χ3n) is 4.20. The van der Waals surface area contributed by atoms with Gasteiger partial charge >= 0.3 is 0 Å². The number of ether oxygens (including phenoxy) is 1. The van der Waals surface area contributed by atoms with E-state index in [0.29, 0.717) is 22.4 Å². The normalized spacial score (nSPS) is 10.8. The van der Waals surface area contributed by atoms with Crippen molar-refractivity contribution in [1.29, 1.82) is 5.26 Å². The van der Waals surface area contributed by atoms with E-state index in [4.69, 9.17) is 4.74 Å². The van der Waals surface area contributed by atoms with Crippen molar-refractivity contribution in [3.63, 3.8) is 0 Å². The molecule has 154 valence electrons. The Morgan fingerprint density at radius 2 is 1.87 bits per heavy atom. The van der Waals surface area contributed by atoms with Gasteiger partial charge in [0.05, 0.1) is 22.3 Å². The zero-order chi connectivity index (χ0) is 22.2. The number of nitrogens with zero attached hydrogens (tertiary/aromatic N) is 2. The Balaban J connectivity index is 1.69. The molecule has 3 rings (SSSR count). The number of nitriles is 1. The second-order valence-electron chi connectivity index (χ2n) is 6.36. The summed E-state index contributed by atoms with van der Waals surface area (Å²) in [4.78, 5) is 22.3. The number of allylic oxidation sites excluding steroid dienone is 1. The van der Waals surface area contributed by atoms with Gasteiger partial charge in [-0.3, -0.25) is 14.9 Å². The number of anilines is 1. The Morgan fingerprint density at radius 1 is 1.13 bits per heavy atom. The Morgan fingerprint density at radius 3 is 2.55 bits per heavy atom. The van der Waals surface area contributed by atoms with Crippen molar-refractivity contribution in [1.82, 2.24) is 0 Å². The molecule has 0 aromatic heterocycles. The second-order valence-corrected chi connectivity index (χ2v) is 6.36. The lowest BCUT2D eigenvalue weighted by atomic mass is 10.0. The maximum Gasteiger partial charge on any atom is 0.269 e. The van der Waals surface area contributed by atoms with Crippen molar-refractivity contribution in [3.05, 3.63) is 99.9 Å². The van der Waals surface area contributed by atoms with E-state index in [2.05, 4.69) is 11.4 Å². The molecule has 8 heteroatoms. The number of nitro groups is 1. The molecular formula is C23H16FN3O4. The number of nitrogens with one attached hydrogen (secondary N) is 1. The molecule has 7 nitrogen and oxygen atoms in total. The van der Waals surface area contributed by atoms with Crippen LogP contribution in [-0.4, -0.2) is 17.4 Å². The van der Waals surface area contributed by atoms with Crippen LogP contribution in [0, 0.1) is 27.3 Å². The molecule has 0 radical (unpaired) electrons. The van der Waals surface area contributed by atoms with Gasteiger partial charge in [0, 0.05) is 12.1 Å². The predicted octanol–water partition coefficient (Wildman–Crippen LogP) is 4.82. The first-order valence-corrected chi connectivity index (χ1v) is 9.10. The van der Waals surface area contributed by atoms with Crippen molar-refractivity contribution in [2.45, 2.75) is 0 Å². The van der Waals surface area contributed by atoms with Crippen LogP contribution in [-0.2, 0) is 4.79 Å². The molecule has 0 aliphatic carbocycles. The summed E-state index contributed by atoms with van der Waals surface area (Å²) in [6, 6.07) is 20.3. The van der Waals surface area contributed by atoms with E-state index >= 15 is 0 Å². The summed E-state index contributed by atoms with van der Waals surface area (Å²) in [5.41, 5.74) is 1.48. The van der Waals surface area contributed by atoms with E-state index in [9.17, 15) is 24.6 Å². The first-order valence-electron chi connectivity index (χ1n) is 9.10. The van der Waals surface area contributed by atoms with Crippen LogP contribution in [0.25, 0.3) is 11.6 Å². The van der Waals surface area contributed by atoms with Crippen molar-refractivity contribution in [2.75, 3.05) is 11.9 Å². The summed E-state index contributed by atoms with van der Waals surface area (Å²) < 4.78 is 19.1. The van der Waals surface area contributed by atoms with Crippen LogP contribution in [0.4, 0.5) is 15.8 Å². The van der Waals surface area contributed by atoms with Crippen LogP contribution in [0.5, 0.6) is 5.75 Å². The van der Waals surface area contributed by atoms with Crippen LogP contribution in [0.1, 0.15) is 11.1 Å². The minimum Gasteiger partial charge on any atom is -0.484 e. The zero-order valence-corrected chi connectivity index (χ0v) is 16.1. The molecule has 0 heterocycles. The number of hydrogen-bond acceptors (Lipinski definition) is 5. The number of non-ortho nitro benzene ring substituents is 1. The second kappa shape index (κ2) is 9.80. The van der Waals surface area contributed by atoms with E-state index in [0.717, 1.165) is 0 Å². The number of carbonyl (C=O) groups is 1. The molecule has 1 amide bonds. The van der Waals surface area contributed by atoms with Gasteiger partial charge < -0.3 is 10.1 Å². The fourth-order valence-corrected chi connectivity index (χ4v) is 2.70. The van der Waals surface area contributed by atoms with Crippen molar-refractivity contribution in [3.8, 4) is 11.8 Å². The molecule has 3 aromatic rings. The van der Waals surface area contributed by atoms with Gasteiger partial charge in [0.15, 0.2) is 6.61 Å². The molecule has 0 bridgehead atoms. The fraction of sp³-hybridized carbons (Fsp3) is 0.0435. The molecule has 0 fully saturated rings. The summed E-state index contributed by atoms with van der Waals surface area (Å²) in [7, 11) is 0. The Hall–Kier alpha value is -4.51. The standard InChI is InChI=1S/C23H16FN3O4/c24-21-6-1-2-7-22(21)26-23(28)15-31-20-5-3-4-16(13-20)12-18(14-25)17-8-10-19(11-9-17)27(29)30/h1-13H,15H2,(H,26,28)/b18-12+. The molecule has 1 N–H and O–H groups in total. The number of rotatable bonds is 7. The Bertz CT molecular complexity index is 1180. The molecule has 0 aliphatic heterocycles. The molecule has 0 saturated carbocycles. The number of nitro benzene ring substituents is 1. The van der Waals surface area contributed by atoms with E-state index in [1.807, 2.05) is 0 Å². The van der Waals surface area contributed by atoms with Gasteiger partial charge in [0.2, 0.25) is 0 Å². The molecule has 0 saturated heterocycles. The number of benzene rings is 3. The largest absolute Gasteiger partial charge is 0.484 e. The SMILES string of the molecule is N#C/C(=C\c1cccc(OCC(=O)Nc2ccccc2F)c1)c1ccc([N+](=O)[O-])cc1. The zero-order valence-electron chi connectivity index (χ0n) is 16.1. The molecule has 0 atom stereocenters. The fourth-order valence-electron chi connectivity index (χ4n) is 2.70. The lowest BCUT2D eigenvalue weighted by Crippen LogP contribution is -2.20. The van der Waals surface area contributed by atoms with Gasteiger partial charge in [-0.25, -0.2) is 4.39 Å². The van der Waals surface area contributed by atoms with Gasteiger partial charge in [0.1, 0.15) is 11.6 Å². The highest BCUT2D eigenvalue weighted by molar-refractivity contribution is 5.92. The van der Waals surface area contributed by atoms with Crippen molar-refractivity contribution < 1.29 is 18.8 Å². The van der Waals surface area contributed by atoms with Gasteiger partial charge in [-0.15, -0.1) is 0 Å². The quantitative estimate of drug-likeness (QED) is 0.257. The van der Waals surface area contributed by atoms with Crippen LogP contribution in [0.3, 0.4) is 0 Å². The molecule has 31 heavy (non-hydrogen) atoms. The molecule has 3 aromatic carbocycles. The maximum absolute atomic E-state index is 13.6. The summed E-state index contributed by atoms with van der Waals surface area (Å²) >= 11 is 0. The minimum absolute atomic E-state index is 0.0644. The summed E-state index contributed by atoms with van der Waals surface area (Å²) in [5.74, 6) is -0.675. The number of para-hydroxylation sites is 1. The van der Waals surface area contributed by atoms with Crippen LogP contribution in [0.2, 0.25) is 0 Å². The molecule has 0 spiro atoms. The van der Waals surface area contributed by atoms with Crippen LogP contribution >= 0.6 is 0 Å². The summed E-state index contributed by atoms with van der Waals surface area (Å²) in [6.07, 6.45) is 1.60. The van der Waals surface area contributed by atoms with Crippen molar-refractivity contribution >= 4 is 28.9 Å². The molecular weight excluding hydrogens is 401 g/mol. The molecule has 0 aliphatic rings.